The predicted octanol–water partition coefficient (Wildman–Crippen LogP) is 3.57. The Hall–Kier alpha value is -2.73. The topological polar surface area (TPSA) is 143 Å². The van der Waals surface area contributed by atoms with Crippen molar-refractivity contribution >= 4 is 17.9 Å². The normalized spacial score (nSPS) is 17.2. The Morgan fingerprint density at radius 3 is 2.10 bits per heavy atom. The van der Waals surface area contributed by atoms with Gasteiger partial charge in [0.15, 0.2) is 6.10 Å². The largest absolute Gasteiger partial charge is 0.436 e. The predicted molar refractivity (Wildman–Crippen MR) is 190 cm³/mol. The van der Waals surface area contributed by atoms with Crippen LogP contribution in [0.4, 0.5) is 4.79 Å². The lowest BCUT2D eigenvalue weighted by molar-refractivity contribution is -0.135. The van der Waals surface area contributed by atoms with Crippen molar-refractivity contribution in [1.82, 2.24) is 25.8 Å². The first kappa shape index (κ1) is 41.4. The summed E-state index contributed by atoms with van der Waals surface area (Å²) in [5.74, 6) is -0.399. The van der Waals surface area contributed by atoms with Crippen LogP contribution in [0.1, 0.15) is 84.6 Å². The average molecular weight is 676 g/mol. The van der Waals surface area contributed by atoms with Crippen LogP contribution in [-0.4, -0.2) is 116 Å². The minimum atomic E-state index is -1.17. The van der Waals surface area contributed by atoms with Crippen LogP contribution in [-0.2, 0) is 20.7 Å². The lowest BCUT2D eigenvalue weighted by Crippen LogP contribution is -2.57. The van der Waals surface area contributed by atoms with Gasteiger partial charge in [0.05, 0.1) is 12.1 Å². The summed E-state index contributed by atoms with van der Waals surface area (Å²) in [5, 5.41) is 30.7. The number of aliphatic hydroxyl groups excluding tert-OH is 2. The highest BCUT2D eigenvalue weighted by Crippen LogP contribution is 2.29. The van der Waals surface area contributed by atoms with Crippen molar-refractivity contribution < 1.29 is 29.3 Å². The Morgan fingerprint density at radius 2 is 1.50 bits per heavy atom. The molecule has 0 spiro atoms. The molecule has 274 valence electrons. The molecule has 5 atom stereocenters. The van der Waals surface area contributed by atoms with E-state index < -0.39 is 48.3 Å². The second-order valence-electron chi connectivity index (χ2n) is 14.9. The molecule has 0 unspecified atom stereocenters. The first-order valence-corrected chi connectivity index (χ1v) is 18.0. The molecule has 0 aliphatic heterocycles. The lowest BCUT2D eigenvalue weighted by Gasteiger charge is -2.34. The molecule has 0 radical (unpaired) electrons. The fourth-order valence-electron chi connectivity index (χ4n) is 6.23. The Morgan fingerprint density at radius 1 is 0.854 bits per heavy atom. The van der Waals surface area contributed by atoms with Crippen LogP contribution in [0.5, 0.6) is 0 Å². The molecule has 3 amide bonds. The second-order valence-corrected chi connectivity index (χ2v) is 14.9. The summed E-state index contributed by atoms with van der Waals surface area (Å²) < 4.78 is 5.68. The van der Waals surface area contributed by atoms with Crippen molar-refractivity contribution in [2.45, 2.75) is 116 Å². The summed E-state index contributed by atoms with van der Waals surface area (Å²) >= 11 is 0. The van der Waals surface area contributed by atoms with Gasteiger partial charge in [-0.25, -0.2) is 4.79 Å². The van der Waals surface area contributed by atoms with Gasteiger partial charge in [-0.2, -0.15) is 0 Å². The number of benzene rings is 1. The van der Waals surface area contributed by atoms with Gasteiger partial charge < -0.3 is 40.7 Å². The highest BCUT2D eigenvalue weighted by atomic mass is 16.6. The van der Waals surface area contributed by atoms with E-state index in [4.69, 9.17) is 4.74 Å². The molecule has 1 aliphatic rings. The summed E-state index contributed by atoms with van der Waals surface area (Å²) in [5.41, 5.74) is 0.813. The van der Waals surface area contributed by atoms with Gasteiger partial charge in [0, 0.05) is 32.6 Å². The maximum Gasteiger partial charge on any atom is 0.407 e. The van der Waals surface area contributed by atoms with E-state index in [2.05, 4.69) is 25.8 Å². The fourth-order valence-corrected chi connectivity index (χ4v) is 6.23. The molecule has 0 aromatic heterocycles. The number of likely N-dealkylation sites (N-methyl/N-ethyl adjacent to an activating group) is 2. The zero-order valence-electron chi connectivity index (χ0n) is 30.6. The first-order valence-electron chi connectivity index (χ1n) is 18.0. The van der Waals surface area contributed by atoms with Gasteiger partial charge in [-0.3, -0.25) is 9.59 Å². The van der Waals surface area contributed by atoms with Crippen LogP contribution in [0.3, 0.4) is 0 Å². The van der Waals surface area contributed by atoms with E-state index in [1.54, 1.807) is 0 Å². The minimum Gasteiger partial charge on any atom is -0.436 e. The summed E-state index contributed by atoms with van der Waals surface area (Å²) in [6.45, 7) is 10.6. The number of aliphatic hydroxyl groups is 2. The van der Waals surface area contributed by atoms with Crippen LogP contribution in [0.2, 0.25) is 0 Å². The molecule has 1 aromatic rings. The van der Waals surface area contributed by atoms with E-state index in [1.807, 2.05) is 79.2 Å². The summed E-state index contributed by atoms with van der Waals surface area (Å²) in [7, 11) is 5.99. The number of carbonyl (C=O) groups is 3. The number of amides is 3. The monoisotopic (exact) mass is 675 g/mol. The second kappa shape index (κ2) is 22.1. The van der Waals surface area contributed by atoms with E-state index in [9.17, 15) is 24.6 Å². The molecule has 0 saturated heterocycles. The molecule has 11 nitrogen and oxygen atoms in total. The average Bonchev–Trinajstić information content (AvgIpc) is 3.02. The lowest BCUT2D eigenvalue weighted by atomic mass is 9.82. The molecule has 1 fully saturated rings. The van der Waals surface area contributed by atoms with Crippen LogP contribution in [0, 0.1) is 17.8 Å². The van der Waals surface area contributed by atoms with Gasteiger partial charge >= 0.3 is 6.09 Å². The summed E-state index contributed by atoms with van der Waals surface area (Å²) in [6.07, 6.45) is 2.96. The molecule has 2 rings (SSSR count). The third kappa shape index (κ3) is 16.6. The number of nitrogens with one attached hydrogen (secondary N) is 3. The number of carbonyl (C=O) groups excluding carboxylic acids is 3. The van der Waals surface area contributed by atoms with E-state index >= 15 is 0 Å². The Balaban J connectivity index is 2.17. The third-order valence-electron chi connectivity index (χ3n) is 9.00. The van der Waals surface area contributed by atoms with Gasteiger partial charge in [-0.15, -0.1) is 0 Å². The van der Waals surface area contributed by atoms with Crippen molar-refractivity contribution in [3.8, 4) is 0 Å². The number of hydrogen-bond donors (Lipinski definition) is 5. The summed E-state index contributed by atoms with van der Waals surface area (Å²) in [6, 6.07) is 7.73. The van der Waals surface area contributed by atoms with Gasteiger partial charge in [0.2, 0.25) is 5.91 Å². The van der Waals surface area contributed by atoms with E-state index in [0.717, 1.165) is 44.3 Å². The van der Waals surface area contributed by atoms with Crippen molar-refractivity contribution in [3.05, 3.63) is 35.9 Å². The number of ether oxygens (including phenoxy) is 1. The molecule has 48 heavy (non-hydrogen) atoms. The van der Waals surface area contributed by atoms with Crippen molar-refractivity contribution in [2.24, 2.45) is 17.8 Å². The molecule has 1 aliphatic carbocycles. The van der Waals surface area contributed by atoms with Crippen LogP contribution in [0.25, 0.3) is 0 Å². The molecule has 0 heterocycles. The molecular formula is C37H65N5O6. The number of hydrogen-bond acceptors (Lipinski definition) is 8. The number of nitrogens with zero attached hydrogens (tertiary/aromatic N) is 2. The first-order chi connectivity index (χ1) is 22.7. The highest BCUT2D eigenvalue weighted by Gasteiger charge is 2.34. The van der Waals surface area contributed by atoms with Crippen molar-refractivity contribution in [3.63, 3.8) is 0 Å². The Labute approximate surface area is 289 Å². The van der Waals surface area contributed by atoms with Gasteiger partial charge in [-0.1, -0.05) is 90.1 Å². The zero-order chi connectivity index (χ0) is 35.6. The quantitative estimate of drug-likeness (QED) is 0.133. The highest BCUT2D eigenvalue weighted by molar-refractivity contribution is 5.90. The van der Waals surface area contributed by atoms with Crippen LogP contribution in [0.15, 0.2) is 30.3 Å². The third-order valence-corrected chi connectivity index (χ3v) is 9.00. The molecule has 0 bridgehead atoms. The van der Waals surface area contributed by atoms with E-state index in [0.29, 0.717) is 38.3 Å². The SMILES string of the molecule is CC(C)C[C@H](NC(=O)[C@H](Cc1ccccc1)OC(=O)NCCN(C)CCN(C)C)C(=O)N[C@@H](CC1CCCCC1)[C@@H](O)[C@@H](O)CC(C)C. The maximum atomic E-state index is 13.9. The van der Waals surface area contributed by atoms with Crippen molar-refractivity contribution in [2.75, 3.05) is 47.3 Å². The van der Waals surface area contributed by atoms with Gasteiger partial charge in [0.1, 0.15) is 12.1 Å². The Kier molecular flexibility index (Phi) is 19.1. The van der Waals surface area contributed by atoms with Crippen molar-refractivity contribution in [1.29, 1.82) is 0 Å². The van der Waals surface area contributed by atoms with E-state index in [-0.39, 0.29) is 18.3 Å². The van der Waals surface area contributed by atoms with Crippen LogP contribution < -0.4 is 16.0 Å². The number of rotatable bonds is 21. The zero-order valence-corrected chi connectivity index (χ0v) is 30.6. The molecule has 1 aromatic carbocycles. The summed E-state index contributed by atoms with van der Waals surface area (Å²) in [4.78, 5) is 44.7. The standard InChI is InChI=1S/C37H65N5O6/c1-26(2)22-31(35(45)39-30(24-28-14-10-8-11-15-28)34(44)32(43)23-27(3)4)40-36(46)33(25-29-16-12-9-13-17-29)48-37(47)38-18-19-42(7)21-20-41(5)6/h9,12-13,16-17,26-28,30-34,43-44H,8,10-11,14-15,18-25H2,1-7H3,(H,38,47)(H,39,45)(H,40,46)/t30-,31-,32-,33-,34+/m0/s1. The molecule has 11 heteroatoms. The van der Waals surface area contributed by atoms with E-state index in [1.165, 1.54) is 6.42 Å². The molecule has 5 N–H and O–H groups in total. The molecule has 1 saturated carbocycles. The smallest absolute Gasteiger partial charge is 0.407 e. The van der Waals surface area contributed by atoms with Gasteiger partial charge in [0.25, 0.3) is 5.91 Å². The number of alkyl carbamates (subject to hydrolysis) is 1. The fraction of sp³-hybridized carbons (Fsp3) is 0.757. The maximum absolute atomic E-state index is 13.9. The minimum absolute atomic E-state index is 0.0653. The van der Waals surface area contributed by atoms with Crippen LogP contribution >= 0.6 is 0 Å². The molecular weight excluding hydrogens is 610 g/mol. The van der Waals surface area contributed by atoms with Gasteiger partial charge in [-0.05, 0) is 63.7 Å². The Bertz CT molecular complexity index is 1070.